The van der Waals surface area contributed by atoms with Gasteiger partial charge in [-0.3, -0.25) is 0 Å². The summed E-state index contributed by atoms with van der Waals surface area (Å²) in [6.45, 7) is 4.19. The summed E-state index contributed by atoms with van der Waals surface area (Å²) in [6.07, 6.45) is 3.79. The number of ether oxygens (including phenoxy) is 2. The minimum absolute atomic E-state index is 0.265. The summed E-state index contributed by atoms with van der Waals surface area (Å²) in [7, 11) is 0. The summed E-state index contributed by atoms with van der Waals surface area (Å²) >= 11 is 5.89. The van der Waals surface area contributed by atoms with Crippen LogP contribution in [0.2, 0.25) is 5.02 Å². The first-order valence-corrected chi connectivity index (χ1v) is 6.73. The van der Waals surface area contributed by atoms with Crippen LogP contribution in [0, 0.1) is 6.92 Å². The van der Waals surface area contributed by atoms with E-state index in [9.17, 15) is 9.59 Å². The monoisotopic (exact) mass is 296 g/mol. The number of hydrogen-bond donors (Lipinski definition) is 0. The highest BCUT2D eigenvalue weighted by Gasteiger charge is 2.06. The molecule has 0 aliphatic carbocycles. The van der Waals surface area contributed by atoms with Gasteiger partial charge >= 0.3 is 11.9 Å². The highest BCUT2D eigenvalue weighted by atomic mass is 35.5. The van der Waals surface area contributed by atoms with Crippen LogP contribution in [0.4, 0.5) is 0 Å². The first kappa shape index (κ1) is 16.2. The summed E-state index contributed by atoms with van der Waals surface area (Å²) in [5.74, 6) is -0.976. The molecule has 1 aromatic rings. The number of unbranched alkanes of at least 4 members (excludes halogenated alkanes) is 1. The fourth-order valence-electron chi connectivity index (χ4n) is 1.33. The molecule has 0 heterocycles. The summed E-state index contributed by atoms with van der Waals surface area (Å²) in [4.78, 5) is 22.8. The SMILES string of the molecule is CCCCOC(=O)/C=C/C(=O)Oc1cc(C)ccc1Cl. The van der Waals surface area contributed by atoms with Gasteiger partial charge in [-0.25, -0.2) is 9.59 Å². The van der Waals surface area contributed by atoms with Gasteiger partial charge in [0.2, 0.25) is 0 Å². The largest absolute Gasteiger partial charge is 0.463 e. The van der Waals surface area contributed by atoms with E-state index >= 15 is 0 Å². The quantitative estimate of drug-likeness (QED) is 0.349. The summed E-state index contributed by atoms with van der Waals surface area (Å²) < 4.78 is 9.90. The van der Waals surface area contributed by atoms with Crippen LogP contribution in [0.1, 0.15) is 25.3 Å². The van der Waals surface area contributed by atoms with E-state index in [4.69, 9.17) is 21.1 Å². The Balaban J connectivity index is 2.50. The van der Waals surface area contributed by atoms with E-state index in [-0.39, 0.29) is 5.75 Å². The topological polar surface area (TPSA) is 52.6 Å². The average molecular weight is 297 g/mol. The lowest BCUT2D eigenvalue weighted by Gasteiger charge is -2.04. The number of esters is 2. The summed E-state index contributed by atoms with van der Waals surface area (Å²) in [5, 5.41) is 0.336. The Hall–Kier alpha value is -1.81. The van der Waals surface area contributed by atoms with Gasteiger partial charge in [0, 0.05) is 12.2 Å². The standard InChI is InChI=1S/C15H17ClO4/c1-3-4-9-19-14(17)7-8-15(18)20-13-10-11(2)5-6-12(13)16/h5-8,10H,3-4,9H2,1-2H3/b8-7+. The Labute approximate surface area is 123 Å². The first-order valence-electron chi connectivity index (χ1n) is 6.35. The minimum Gasteiger partial charge on any atom is -0.463 e. The van der Waals surface area contributed by atoms with Gasteiger partial charge in [0.05, 0.1) is 11.6 Å². The van der Waals surface area contributed by atoms with Gasteiger partial charge in [-0.2, -0.15) is 0 Å². The molecule has 0 aliphatic rings. The molecule has 5 heteroatoms. The van der Waals surface area contributed by atoms with Gasteiger partial charge in [-0.1, -0.05) is 31.0 Å². The molecule has 0 atom stereocenters. The number of carbonyl (C=O) groups is 2. The molecule has 20 heavy (non-hydrogen) atoms. The Morgan fingerprint density at radius 1 is 1.25 bits per heavy atom. The van der Waals surface area contributed by atoms with Gasteiger partial charge < -0.3 is 9.47 Å². The van der Waals surface area contributed by atoms with Crippen molar-refractivity contribution in [3.8, 4) is 5.75 Å². The lowest BCUT2D eigenvalue weighted by atomic mass is 10.2. The van der Waals surface area contributed by atoms with Crippen molar-refractivity contribution in [1.82, 2.24) is 0 Å². The zero-order chi connectivity index (χ0) is 15.0. The summed E-state index contributed by atoms with van der Waals surface area (Å²) in [6, 6.07) is 5.09. The third-order valence-corrected chi connectivity index (χ3v) is 2.71. The van der Waals surface area contributed by atoms with Crippen LogP contribution < -0.4 is 4.74 Å². The fraction of sp³-hybridized carbons (Fsp3) is 0.333. The van der Waals surface area contributed by atoms with Crippen molar-refractivity contribution in [3.63, 3.8) is 0 Å². The van der Waals surface area contributed by atoms with Crippen molar-refractivity contribution >= 4 is 23.5 Å². The van der Waals surface area contributed by atoms with Crippen molar-refractivity contribution in [3.05, 3.63) is 40.9 Å². The molecule has 0 aliphatic heterocycles. The number of hydrogen-bond acceptors (Lipinski definition) is 4. The van der Waals surface area contributed by atoms with Crippen LogP contribution in [0.5, 0.6) is 5.75 Å². The van der Waals surface area contributed by atoms with Crippen LogP contribution in [0.25, 0.3) is 0 Å². The molecule has 0 aromatic heterocycles. The average Bonchev–Trinajstić information content (AvgIpc) is 2.41. The molecule has 1 aromatic carbocycles. The van der Waals surface area contributed by atoms with Crippen LogP contribution in [0.3, 0.4) is 0 Å². The zero-order valence-electron chi connectivity index (χ0n) is 11.5. The number of rotatable bonds is 6. The maximum absolute atomic E-state index is 11.5. The van der Waals surface area contributed by atoms with Crippen molar-refractivity contribution < 1.29 is 19.1 Å². The van der Waals surface area contributed by atoms with E-state index in [0.29, 0.717) is 11.6 Å². The Bertz CT molecular complexity index is 509. The van der Waals surface area contributed by atoms with Gasteiger partial charge in [-0.15, -0.1) is 0 Å². The van der Waals surface area contributed by atoms with Crippen LogP contribution >= 0.6 is 11.6 Å². The predicted molar refractivity (Wildman–Crippen MR) is 76.8 cm³/mol. The number of aryl methyl sites for hydroxylation is 1. The number of benzene rings is 1. The molecule has 0 bridgehead atoms. The first-order chi connectivity index (χ1) is 9.52. The van der Waals surface area contributed by atoms with Crippen molar-refractivity contribution in [2.24, 2.45) is 0 Å². The molecule has 0 amide bonds. The van der Waals surface area contributed by atoms with Crippen LogP contribution in [0.15, 0.2) is 30.4 Å². The van der Waals surface area contributed by atoms with Crippen molar-refractivity contribution in [2.45, 2.75) is 26.7 Å². The zero-order valence-corrected chi connectivity index (χ0v) is 12.3. The second-order valence-electron chi connectivity index (χ2n) is 4.21. The highest BCUT2D eigenvalue weighted by Crippen LogP contribution is 2.25. The van der Waals surface area contributed by atoms with Gasteiger partial charge in [0.15, 0.2) is 0 Å². The second-order valence-corrected chi connectivity index (χ2v) is 4.62. The molecule has 0 fully saturated rings. The Morgan fingerprint density at radius 2 is 1.95 bits per heavy atom. The second kappa shape index (κ2) is 8.38. The Kier molecular flexibility index (Phi) is 6.81. The smallest absolute Gasteiger partial charge is 0.336 e. The lowest BCUT2D eigenvalue weighted by Crippen LogP contribution is -2.07. The molecule has 1 rings (SSSR count). The summed E-state index contributed by atoms with van der Waals surface area (Å²) in [5.41, 5.74) is 0.917. The van der Waals surface area contributed by atoms with Crippen molar-refractivity contribution in [2.75, 3.05) is 6.61 Å². The third-order valence-electron chi connectivity index (χ3n) is 2.39. The minimum atomic E-state index is -0.676. The number of halogens is 1. The maximum Gasteiger partial charge on any atom is 0.336 e. The molecule has 0 saturated heterocycles. The van der Waals surface area contributed by atoms with E-state index < -0.39 is 11.9 Å². The molecule has 0 spiro atoms. The normalized spacial score (nSPS) is 10.6. The van der Waals surface area contributed by atoms with Crippen LogP contribution in [-0.2, 0) is 14.3 Å². The molecular formula is C15H17ClO4. The molecule has 4 nitrogen and oxygen atoms in total. The van der Waals surface area contributed by atoms with Crippen molar-refractivity contribution in [1.29, 1.82) is 0 Å². The molecule has 0 N–H and O–H groups in total. The fourth-order valence-corrected chi connectivity index (χ4v) is 1.49. The van der Waals surface area contributed by atoms with Gasteiger partial charge in [0.1, 0.15) is 5.75 Å². The van der Waals surface area contributed by atoms with E-state index in [2.05, 4.69) is 0 Å². The van der Waals surface area contributed by atoms with E-state index in [1.165, 1.54) is 0 Å². The molecular weight excluding hydrogens is 280 g/mol. The van der Waals surface area contributed by atoms with E-state index in [0.717, 1.165) is 30.6 Å². The number of carbonyl (C=O) groups excluding carboxylic acids is 2. The molecule has 108 valence electrons. The third kappa shape index (κ3) is 5.89. The Morgan fingerprint density at radius 3 is 2.65 bits per heavy atom. The lowest BCUT2D eigenvalue weighted by molar-refractivity contribution is -0.138. The predicted octanol–water partition coefficient (Wildman–Crippen LogP) is 3.45. The maximum atomic E-state index is 11.5. The van der Waals surface area contributed by atoms with E-state index in [1.54, 1.807) is 18.2 Å². The molecule has 0 saturated carbocycles. The van der Waals surface area contributed by atoms with Gasteiger partial charge in [0.25, 0.3) is 0 Å². The van der Waals surface area contributed by atoms with Gasteiger partial charge in [-0.05, 0) is 31.0 Å². The van der Waals surface area contributed by atoms with E-state index in [1.807, 2.05) is 13.8 Å². The molecule has 0 radical (unpaired) electrons. The van der Waals surface area contributed by atoms with Crippen LogP contribution in [-0.4, -0.2) is 18.5 Å². The molecule has 0 unspecified atom stereocenters. The highest BCUT2D eigenvalue weighted by molar-refractivity contribution is 6.32.